The number of thiazole rings is 1. The molecule has 0 amide bonds. The molecule has 21 heavy (non-hydrogen) atoms. The summed E-state index contributed by atoms with van der Waals surface area (Å²) in [4.78, 5) is 4.72. The average molecular weight is 290 g/mol. The number of para-hydroxylation sites is 1. The van der Waals surface area contributed by atoms with Gasteiger partial charge in [0.2, 0.25) is 0 Å². The van der Waals surface area contributed by atoms with Gasteiger partial charge in [0, 0.05) is 11.1 Å². The number of nitrogens with one attached hydrogen (secondary N) is 1. The molecule has 0 aliphatic heterocycles. The number of aromatic nitrogens is 1. The van der Waals surface area contributed by atoms with Crippen molar-refractivity contribution in [1.29, 1.82) is 0 Å². The second kappa shape index (κ2) is 4.86. The third-order valence-electron chi connectivity index (χ3n) is 3.65. The van der Waals surface area contributed by atoms with Gasteiger partial charge in [-0.15, -0.1) is 0 Å². The van der Waals surface area contributed by atoms with Crippen molar-refractivity contribution in [2.75, 3.05) is 5.32 Å². The standard InChI is InChI=1S/C18H14N2S/c1-12-6-4-11-16-17(12)20-18(21-16)19-15-10-5-8-13-7-2-3-9-14(13)15/h2-11H,1H3,(H,19,20). The topological polar surface area (TPSA) is 24.9 Å². The first-order chi connectivity index (χ1) is 10.3. The Morgan fingerprint density at radius 2 is 1.71 bits per heavy atom. The number of anilines is 2. The highest BCUT2D eigenvalue weighted by Gasteiger charge is 2.07. The molecule has 0 atom stereocenters. The zero-order valence-electron chi connectivity index (χ0n) is 11.6. The van der Waals surface area contributed by atoms with Gasteiger partial charge >= 0.3 is 0 Å². The van der Waals surface area contributed by atoms with E-state index >= 15 is 0 Å². The smallest absolute Gasteiger partial charge is 0.188 e. The summed E-state index contributed by atoms with van der Waals surface area (Å²) in [6, 6.07) is 21.0. The van der Waals surface area contributed by atoms with Crippen molar-refractivity contribution >= 4 is 43.1 Å². The zero-order valence-corrected chi connectivity index (χ0v) is 12.4. The fourth-order valence-electron chi connectivity index (χ4n) is 2.59. The Hall–Kier alpha value is -2.39. The third-order valence-corrected chi connectivity index (χ3v) is 4.59. The number of aryl methyl sites for hydroxylation is 1. The van der Waals surface area contributed by atoms with Crippen molar-refractivity contribution in [2.24, 2.45) is 0 Å². The van der Waals surface area contributed by atoms with E-state index in [4.69, 9.17) is 4.98 Å². The van der Waals surface area contributed by atoms with Crippen LogP contribution >= 0.6 is 11.3 Å². The second-order valence-corrected chi connectivity index (χ2v) is 6.12. The number of rotatable bonds is 2. The molecule has 2 nitrogen and oxygen atoms in total. The molecule has 3 aromatic carbocycles. The molecular formula is C18H14N2S. The Morgan fingerprint density at radius 1 is 0.905 bits per heavy atom. The Balaban J connectivity index is 1.81. The summed E-state index contributed by atoms with van der Waals surface area (Å²) in [7, 11) is 0. The molecule has 102 valence electrons. The lowest BCUT2D eigenvalue weighted by atomic mass is 10.1. The van der Waals surface area contributed by atoms with Crippen LogP contribution in [0.4, 0.5) is 10.8 Å². The molecule has 3 heteroatoms. The molecule has 0 aliphatic rings. The van der Waals surface area contributed by atoms with Crippen LogP contribution in [-0.2, 0) is 0 Å². The van der Waals surface area contributed by atoms with E-state index in [0.717, 1.165) is 16.3 Å². The van der Waals surface area contributed by atoms with Crippen LogP contribution in [0.3, 0.4) is 0 Å². The van der Waals surface area contributed by atoms with Gasteiger partial charge in [0.1, 0.15) is 0 Å². The Labute approximate surface area is 127 Å². The second-order valence-electron chi connectivity index (χ2n) is 5.09. The van der Waals surface area contributed by atoms with Crippen LogP contribution in [-0.4, -0.2) is 4.98 Å². The summed E-state index contributed by atoms with van der Waals surface area (Å²) in [5.74, 6) is 0. The fourth-order valence-corrected chi connectivity index (χ4v) is 3.55. The van der Waals surface area contributed by atoms with E-state index in [-0.39, 0.29) is 0 Å². The van der Waals surface area contributed by atoms with Crippen molar-refractivity contribution in [2.45, 2.75) is 6.92 Å². The quantitative estimate of drug-likeness (QED) is 0.527. The minimum Gasteiger partial charge on any atom is -0.331 e. The first kappa shape index (κ1) is 12.4. The molecule has 4 aromatic rings. The monoisotopic (exact) mass is 290 g/mol. The van der Waals surface area contributed by atoms with Gasteiger partial charge in [-0.05, 0) is 30.0 Å². The highest BCUT2D eigenvalue weighted by Crippen LogP contribution is 2.32. The number of hydrogen-bond donors (Lipinski definition) is 1. The maximum absolute atomic E-state index is 4.72. The van der Waals surface area contributed by atoms with E-state index in [1.807, 2.05) is 0 Å². The minimum atomic E-state index is 0.940. The van der Waals surface area contributed by atoms with Crippen LogP contribution in [0.5, 0.6) is 0 Å². The van der Waals surface area contributed by atoms with Crippen LogP contribution in [0.1, 0.15) is 5.56 Å². The summed E-state index contributed by atoms with van der Waals surface area (Å²) in [6.45, 7) is 2.10. The van der Waals surface area contributed by atoms with E-state index in [9.17, 15) is 0 Å². The van der Waals surface area contributed by atoms with Crippen LogP contribution in [0.2, 0.25) is 0 Å². The zero-order chi connectivity index (χ0) is 14.2. The first-order valence-electron chi connectivity index (χ1n) is 6.92. The maximum atomic E-state index is 4.72. The lowest BCUT2D eigenvalue weighted by Gasteiger charge is -2.06. The van der Waals surface area contributed by atoms with Crippen molar-refractivity contribution in [3.05, 3.63) is 66.2 Å². The first-order valence-corrected chi connectivity index (χ1v) is 7.74. The molecule has 0 saturated carbocycles. The lowest BCUT2D eigenvalue weighted by molar-refractivity contribution is 1.41. The highest BCUT2D eigenvalue weighted by molar-refractivity contribution is 7.22. The van der Waals surface area contributed by atoms with Gasteiger partial charge in [0.25, 0.3) is 0 Å². The minimum absolute atomic E-state index is 0.940. The molecule has 0 unspecified atom stereocenters. The lowest BCUT2D eigenvalue weighted by Crippen LogP contribution is -1.90. The molecule has 0 bridgehead atoms. The fraction of sp³-hybridized carbons (Fsp3) is 0.0556. The molecule has 0 spiro atoms. The molecule has 0 fully saturated rings. The van der Waals surface area contributed by atoms with Crippen molar-refractivity contribution in [3.63, 3.8) is 0 Å². The normalized spacial score (nSPS) is 11.1. The highest BCUT2D eigenvalue weighted by atomic mass is 32.1. The van der Waals surface area contributed by atoms with Gasteiger partial charge in [-0.3, -0.25) is 0 Å². The molecule has 0 saturated heterocycles. The van der Waals surface area contributed by atoms with Gasteiger partial charge in [0.15, 0.2) is 5.13 Å². The van der Waals surface area contributed by atoms with Gasteiger partial charge in [-0.2, -0.15) is 0 Å². The molecule has 4 rings (SSSR count). The van der Waals surface area contributed by atoms with Crippen LogP contribution in [0.25, 0.3) is 21.0 Å². The van der Waals surface area contributed by atoms with Crippen LogP contribution < -0.4 is 5.32 Å². The van der Waals surface area contributed by atoms with Crippen LogP contribution in [0.15, 0.2) is 60.7 Å². The van der Waals surface area contributed by atoms with E-state index in [1.165, 1.54) is 21.0 Å². The third kappa shape index (κ3) is 2.16. The predicted octanol–water partition coefficient (Wildman–Crippen LogP) is 5.50. The molecule has 1 aromatic heterocycles. The number of hydrogen-bond acceptors (Lipinski definition) is 3. The summed E-state index contributed by atoms with van der Waals surface area (Å²) < 4.78 is 1.22. The van der Waals surface area contributed by atoms with Crippen molar-refractivity contribution in [3.8, 4) is 0 Å². The summed E-state index contributed by atoms with van der Waals surface area (Å²) >= 11 is 1.69. The Kier molecular flexibility index (Phi) is 2.86. The van der Waals surface area contributed by atoms with Gasteiger partial charge in [0.05, 0.1) is 10.2 Å². The molecule has 1 heterocycles. The Morgan fingerprint density at radius 3 is 2.62 bits per heavy atom. The van der Waals surface area contributed by atoms with Gasteiger partial charge < -0.3 is 5.32 Å². The number of fused-ring (bicyclic) bond motifs is 2. The molecule has 0 radical (unpaired) electrons. The molecular weight excluding hydrogens is 276 g/mol. The van der Waals surface area contributed by atoms with Crippen molar-refractivity contribution < 1.29 is 0 Å². The summed E-state index contributed by atoms with van der Waals surface area (Å²) in [5.41, 5.74) is 3.41. The van der Waals surface area contributed by atoms with E-state index < -0.39 is 0 Å². The molecule has 1 N–H and O–H groups in total. The number of benzene rings is 3. The summed E-state index contributed by atoms with van der Waals surface area (Å²) in [6.07, 6.45) is 0. The maximum Gasteiger partial charge on any atom is 0.188 e. The SMILES string of the molecule is Cc1cccc2sc(Nc3cccc4ccccc34)nc12. The van der Waals surface area contributed by atoms with Crippen molar-refractivity contribution in [1.82, 2.24) is 4.98 Å². The molecule has 0 aliphatic carbocycles. The summed E-state index contributed by atoms with van der Waals surface area (Å²) in [5, 5.41) is 6.87. The van der Waals surface area contributed by atoms with Crippen LogP contribution in [0, 0.1) is 6.92 Å². The number of nitrogens with zero attached hydrogens (tertiary/aromatic N) is 1. The largest absolute Gasteiger partial charge is 0.331 e. The van der Waals surface area contributed by atoms with E-state index in [2.05, 4.69) is 72.9 Å². The van der Waals surface area contributed by atoms with E-state index in [1.54, 1.807) is 11.3 Å². The average Bonchev–Trinajstić information content (AvgIpc) is 2.92. The van der Waals surface area contributed by atoms with Gasteiger partial charge in [-0.25, -0.2) is 4.98 Å². The predicted molar refractivity (Wildman–Crippen MR) is 91.6 cm³/mol. The van der Waals surface area contributed by atoms with Gasteiger partial charge in [-0.1, -0.05) is 59.9 Å². The Bertz CT molecular complexity index is 935. The van der Waals surface area contributed by atoms with E-state index in [0.29, 0.717) is 0 Å².